The van der Waals surface area contributed by atoms with Crippen LogP contribution < -0.4 is 0 Å². The number of carboxylic acid groups (broad SMARTS) is 1. The minimum Gasteiger partial charge on any atom is -0.465 e. The molecule has 0 aliphatic carbocycles. The van der Waals surface area contributed by atoms with E-state index in [4.69, 9.17) is 0 Å². The van der Waals surface area contributed by atoms with Crippen molar-refractivity contribution in [1.82, 2.24) is 9.80 Å². The van der Waals surface area contributed by atoms with Gasteiger partial charge in [-0.2, -0.15) is 5.26 Å². The Labute approximate surface area is 175 Å². The van der Waals surface area contributed by atoms with Crippen LogP contribution in [0.1, 0.15) is 42.3 Å². The Hall–Kier alpha value is -3.40. The van der Waals surface area contributed by atoms with Crippen LogP contribution in [0.4, 0.5) is 9.18 Å². The van der Waals surface area contributed by atoms with Crippen LogP contribution in [-0.4, -0.2) is 45.5 Å². The third kappa shape index (κ3) is 3.99. The Balaban J connectivity index is 1.87. The van der Waals surface area contributed by atoms with Crippen LogP contribution >= 0.6 is 0 Å². The molecule has 30 heavy (non-hydrogen) atoms. The molecule has 0 saturated heterocycles. The highest BCUT2D eigenvalue weighted by Gasteiger charge is 2.34. The van der Waals surface area contributed by atoms with Crippen molar-refractivity contribution >= 4 is 12.0 Å². The van der Waals surface area contributed by atoms with E-state index >= 15 is 0 Å². The first-order chi connectivity index (χ1) is 14.0. The lowest BCUT2D eigenvalue weighted by Gasteiger charge is -2.36. The lowest BCUT2D eigenvalue weighted by molar-refractivity contribution is 0.0814. The van der Waals surface area contributed by atoms with Crippen LogP contribution in [0.5, 0.6) is 0 Å². The molecule has 3 rings (SSSR count). The molecule has 2 amide bonds. The number of hydrogen-bond donors (Lipinski definition) is 1. The SMILES string of the molecule is CN1Cc2cc(-c3ccc(C[C@@H](C#N)N(C(=O)O)C(C)(C)C)c(F)c3)ccc2C1=O. The van der Waals surface area contributed by atoms with E-state index in [2.05, 4.69) is 0 Å². The number of benzene rings is 2. The fourth-order valence-corrected chi connectivity index (χ4v) is 3.83. The molecule has 0 unspecified atom stereocenters. The molecule has 2 aromatic carbocycles. The largest absolute Gasteiger partial charge is 0.465 e. The Bertz CT molecular complexity index is 1050. The third-order valence-electron chi connectivity index (χ3n) is 5.28. The van der Waals surface area contributed by atoms with Crippen LogP contribution in [0.2, 0.25) is 0 Å². The molecule has 6 nitrogen and oxygen atoms in total. The molecule has 0 saturated carbocycles. The number of amides is 2. The molecular formula is C23H24FN3O3. The Morgan fingerprint density at radius 1 is 1.27 bits per heavy atom. The summed E-state index contributed by atoms with van der Waals surface area (Å²) in [5, 5.41) is 19.0. The van der Waals surface area contributed by atoms with E-state index in [9.17, 15) is 24.3 Å². The average Bonchev–Trinajstić information content (AvgIpc) is 2.94. The summed E-state index contributed by atoms with van der Waals surface area (Å²) in [5.74, 6) is -0.525. The van der Waals surface area contributed by atoms with Gasteiger partial charge in [0.2, 0.25) is 0 Å². The summed E-state index contributed by atoms with van der Waals surface area (Å²) in [4.78, 5) is 26.4. The molecular weight excluding hydrogens is 385 g/mol. The lowest BCUT2D eigenvalue weighted by atomic mass is 9.96. The van der Waals surface area contributed by atoms with Gasteiger partial charge in [-0.25, -0.2) is 9.18 Å². The summed E-state index contributed by atoms with van der Waals surface area (Å²) < 4.78 is 14.9. The molecule has 1 aliphatic heterocycles. The first-order valence-corrected chi connectivity index (χ1v) is 9.62. The van der Waals surface area contributed by atoms with Gasteiger partial charge in [0, 0.05) is 31.1 Å². The van der Waals surface area contributed by atoms with Crippen molar-refractivity contribution in [3.63, 3.8) is 0 Å². The summed E-state index contributed by atoms with van der Waals surface area (Å²) in [6, 6.07) is 11.1. The Kier molecular flexibility index (Phi) is 5.53. The van der Waals surface area contributed by atoms with Crippen LogP contribution in [0.3, 0.4) is 0 Å². The molecule has 0 fully saturated rings. The molecule has 156 valence electrons. The predicted molar refractivity (Wildman–Crippen MR) is 110 cm³/mol. The standard InChI is InChI=1S/C23H24FN3O3/c1-23(2,3)27(22(29)30)18(12-25)10-16-6-5-15(11-20(16)24)14-7-8-19-17(9-14)13-26(4)21(19)28/h5-9,11,18H,10,13H2,1-4H3,(H,29,30)/t18-/m0/s1. The fraction of sp³-hybridized carbons (Fsp3) is 0.348. The highest BCUT2D eigenvalue weighted by Crippen LogP contribution is 2.29. The molecule has 1 heterocycles. The average molecular weight is 409 g/mol. The molecule has 0 spiro atoms. The number of carbonyl (C=O) groups is 2. The second-order valence-electron chi connectivity index (χ2n) is 8.51. The number of hydrogen-bond acceptors (Lipinski definition) is 3. The lowest BCUT2D eigenvalue weighted by Crippen LogP contribution is -2.51. The molecule has 2 aromatic rings. The monoisotopic (exact) mass is 409 g/mol. The second-order valence-corrected chi connectivity index (χ2v) is 8.51. The summed E-state index contributed by atoms with van der Waals surface area (Å²) >= 11 is 0. The van der Waals surface area contributed by atoms with Crippen molar-refractivity contribution in [3.8, 4) is 17.2 Å². The van der Waals surface area contributed by atoms with Gasteiger partial charge >= 0.3 is 6.09 Å². The van der Waals surface area contributed by atoms with Crippen LogP contribution in [0.15, 0.2) is 36.4 Å². The van der Waals surface area contributed by atoms with E-state index in [-0.39, 0.29) is 17.9 Å². The van der Waals surface area contributed by atoms with Gasteiger partial charge in [0.25, 0.3) is 5.91 Å². The molecule has 1 atom stereocenters. The van der Waals surface area contributed by atoms with Gasteiger partial charge in [0.05, 0.1) is 6.07 Å². The van der Waals surface area contributed by atoms with Crippen LogP contribution in [-0.2, 0) is 13.0 Å². The van der Waals surface area contributed by atoms with Crippen LogP contribution in [0.25, 0.3) is 11.1 Å². The van der Waals surface area contributed by atoms with Crippen molar-refractivity contribution in [2.75, 3.05) is 7.05 Å². The number of nitrogens with zero attached hydrogens (tertiary/aromatic N) is 3. The maximum absolute atomic E-state index is 14.9. The summed E-state index contributed by atoms with van der Waals surface area (Å²) in [6.45, 7) is 5.60. The number of halogens is 1. The van der Waals surface area contributed by atoms with Gasteiger partial charge in [-0.1, -0.05) is 18.2 Å². The van der Waals surface area contributed by atoms with Gasteiger partial charge in [-0.3, -0.25) is 9.69 Å². The minimum atomic E-state index is -1.22. The van der Waals surface area contributed by atoms with E-state index in [0.29, 0.717) is 17.7 Å². The van der Waals surface area contributed by atoms with Crippen LogP contribution in [0, 0.1) is 17.1 Å². The quantitative estimate of drug-likeness (QED) is 0.816. The van der Waals surface area contributed by atoms with Crippen molar-refractivity contribution in [2.24, 2.45) is 0 Å². The second kappa shape index (κ2) is 7.79. The fourth-order valence-electron chi connectivity index (χ4n) is 3.83. The summed E-state index contributed by atoms with van der Waals surface area (Å²) in [6.07, 6.45) is -1.26. The number of fused-ring (bicyclic) bond motifs is 1. The Morgan fingerprint density at radius 2 is 1.90 bits per heavy atom. The molecule has 0 bridgehead atoms. The van der Waals surface area contributed by atoms with Crippen molar-refractivity contribution in [2.45, 2.75) is 45.3 Å². The Morgan fingerprint density at radius 3 is 2.47 bits per heavy atom. The highest BCUT2D eigenvalue weighted by atomic mass is 19.1. The molecule has 7 heteroatoms. The number of rotatable bonds is 4. The van der Waals surface area contributed by atoms with Gasteiger partial charge in [0.1, 0.15) is 11.9 Å². The first kappa shape index (κ1) is 21.3. The van der Waals surface area contributed by atoms with Gasteiger partial charge in [-0.15, -0.1) is 0 Å². The predicted octanol–water partition coefficient (Wildman–Crippen LogP) is 4.29. The zero-order valence-electron chi connectivity index (χ0n) is 17.4. The smallest absolute Gasteiger partial charge is 0.408 e. The molecule has 0 aromatic heterocycles. The maximum Gasteiger partial charge on any atom is 0.408 e. The normalized spacial score (nSPS) is 14.3. The third-order valence-corrected chi connectivity index (χ3v) is 5.28. The molecule has 1 N–H and O–H groups in total. The van der Waals surface area contributed by atoms with Gasteiger partial charge < -0.3 is 10.0 Å². The number of carbonyl (C=O) groups excluding carboxylic acids is 1. The number of nitriles is 1. The zero-order valence-corrected chi connectivity index (χ0v) is 17.4. The summed E-state index contributed by atoms with van der Waals surface area (Å²) in [5.41, 5.74) is 2.48. The summed E-state index contributed by atoms with van der Waals surface area (Å²) in [7, 11) is 1.74. The van der Waals surface area contributed by atoms with E-state index in [1.54, 1.807) is 57.0 Å². The molecule has 1 aliphatic rings. The van der Waals surface area contributed by atoms with E-state index < -0.39 is 23.5 Å². The van der Waals surface area contributed by atoms with Gasteiger partial charge in [-0.05, 0) is 61.2 Å². The van der Waals surface area contributed by atoms with Crippen molar-refractivity contribution in [3.05, 3.63) is 58.9 Å². The van der Waals surface area contributed by atoms with Crippen molar-refractivity contribution in [1.29, 1.82) is 5.26 Å². The molecule has 0 radical (unpaired) electrons. The first-order valence-electron chi connectivity index (χ1n) is 9.62. The maximum atomic E-state index is 14.9. The highest BCUT2D eigenvalue weighted by molar-refractivity contribution is 5.98. The zero-order chi connectivity index (χ0) is 22.2. The van der Waals surface area contributed by atoms with E-state index in [1.165, 1.54) is 6.07 Å². The van der Waals surface area contributed by atoms with E-state index in [0.717, 1.165) is 16.0 Å². The topological polar surface area (TPSA) is 84.6 Å². The van der Waals surface area contributed by atoms with E-state index in [1.807, 2.05) is 12.1 Å². The van der Waals surface area contributed by atoms with Crippen molar-refractivity contribution < 1.29 is 19.1 Å². The minimum absolute atomic E-state index is 0.0255. The van der Waals surface area contributed by atoms with Gasteiger partial charge in [0.15, 0.2) is 0 Å².